The zero-order valence-corrected chi connectivity index (χ0v) is 26.2. The van der Waals surface area contributed by atoms with Crippen molar-refractivity contribution in [2.24, 2.45) is 5.41 Å². The SMILES string of the molecule is CCn1nccc1-c1cn(COCC[Si](C)(C)C)c2nccc(Oc3c(F)cc(NC(=O)NCC4(C)COC4)cc3F)c12. The topological polar surface area (TPSA) is 104 Å². The number of ether oxygens (including phenoxy) is 3. The van der Waals surface area contributed by atoms with Gasteiger partial charge in [-0.1, -0.05) is 26.6 Å². The number of aromatic nitrogens is 4. The maximum Gasteiger partial charge on any atom is 0.319 e. The highest BCUT2D eigenvalue weighted by molar-refractivity contribution is 6.76. The molecule has 1 fully saturated rings. The van der Waals surface area contributed by atoms with Crippen LogP contribution in [0, 0.1) is 17.0 Å². The van der Waals surface area contributed by atoms with Crippen molar-refractivity contribution in [1.82, 2.24) is 24.6 Å². The quantitative estimate of drug-likeness (QED) is 0.141. The third-order valence-electron chi connectivity index (χ3n) is 7.28. The van der Waals surface area contributed by atoms with E-state index in [1.54, 1.807) is 12.3 Å². The normalized spacial score (nSPS) is 14.5. The molecule has 2 amide bonds. The largest absolute Gasteiger partial charge is 0.450 e. The van der Waals surface area contributed by atoms with Crippen LogP contribution in [0.25, 0.3) is 22.3 Å². The summed E-state index contributed by atoms with van der Waals surface area (Å²) in [6.07, 6.45) is 5.13. The highest BCUT2D eigenvalue weighted by Gasteiger charge is 2.33. The molecule has 0 spiro atoms. The van der Waals surface area contributed by atoms with Crippen molar-refractivity contribution in [3.63, 3.8) is 0 Å². The summed E-state index contributed by atoms with van der Waals surface area (Å²) in [4.78, 5) is 16.9. The molecule has 230 valence electrons. The first-order valence-corrected chi connectivity index (χ1v) is 18.0. The predicted octanol–water partition coefficient (Wildman–Crippen LogP) is 6.46. The van der Waals surface area contributed by atoms with Crippen LogP contribution in [-0.4, -0.2) is 59.8 Å². The van der Waals surface area contributed by atoms with E-state index in [0.29, 0.717) is 43.9 Å². The molecule has 43 heavy (non-hydrogen) atoms. The average Bonchev–Trinajstić information content (AvgIpc) is 3.55. The van der Waals surface area contributed by atoms with Gasteiger partial charge in [-0.15, -0.1) is 0 Å². The molecule has 4 heterocycles. The van der Waals surface area contributed by atoms with Crippen LogP contribution in [0.3, 0.4) is 0 Å². The first kappa shape index (κ1) is 30.6. The predicted molar refractivity (Wildman–Crippen MR) is 163 cm³/mol. The number of pyridine rings is 1. The van der Waals surface area contributed by atoms with E-state index in [2.05, 4.69) is 40.4 Å². The van der Waals surface area contributed by atoms with Gasteiger partial charge in [-0.25, -0.2) is 18.6 Å². The van der Waals surface area contributed by atoms with Gasteiger partial charge in [0.2, 0.25) is 0 Å². The molecular formula is C30H38F2N6O4Si. The molecule has 1 aliphatic heterocycles. The molecule has 10 nitrogen and oxygen atoms in total. The lowest BCUT2D eigenvalue weighted by molar-refractivity contribution is -0.0974. The number of hydrogen-bond donors (Lipinski definition) is 2. The van der Waals surface area contributed by atoms with Gasteiger partial charge in [-0.3, -0.25) is 4.68 Å². The summed E-state index contributed by atoms with van der Waals surface area (Å²) in [6, 6.07) is 5.93. The highest BCUT2D eigenvalue weighted by Crippen LogP contribution is 2.39. The van der Waals surface area contributed by atoms with Crippen molar-refractivity contribution in [2.45, 2.75) is 52.8 Å². The number of urea groups is 1. The molecule has 0 aliphatic carbocycles. The van der Waals surface area contributed by atoms with Gasteiger partial charge in [-0.2, -0.15) is 5.10 Å². The van der Waals surface area contributed by atoms with Crippen LogP contribution in [0.15, 0.2) is 42.9 Å². The first-order valence-electron chi connectivity index (χ1n) is 14.3. The lowest BCUT2D eigenvalue weighted by atomic mass is 9.89. The summed E-state index contributed by atoms with van der Waals surface area (Å²) in [5.41, 5.74) is 1.91. The molecule has 2 N–H and O–H groups in total. The Morgan fingerprint density at radius 1 is 1.16 bits per heavy atom. The second-order valence-corrected chi connectivity index (χ2v) is 18.0. The Bertz CT molecular complexity index is 1590. The summed E-state index contributed by atoms with van der Waals surface area (Å²) in [7, 11) is -1.27. The number of anilines is 1. The van der Waals surface area contributed by atoms with Gasteiger partial charge in [0.1, 0.15) is 18.1 Å². The smallest absolute Gasteiger partial charge is 0.319 e. The van der Waals surface area contributed by atoms with Crippen LogP contribution < -0.4 is 15.4 Å². The average molecular weight is 613 g/mol. The summed E-state index contributed by atoms with van der Waals surface area (Å²) in [5, 5.41) is 10.2. The van der Waals surface area contributed by atoms with Crippen LogP contribution in [-0.2, 0) is 22.7 Å². The Hall–Kier alpha value is -3.81. The van der Waals surface area contributed by atoms with Crippen molar-refractivity contribution >= 4 is 30.8 Å². The Morgan fingerprint density at radius 3 is 2.56 bits per heavy atom. The highest BCUT2D eigenvalue weighted by atomic mass is 28.3. The van der Waals surface area contributed by atoms with Crippen LogP contribution in [0.1, 0.15) is 13.8 Å². The molecule has 0 unspecified atom stereocenters. The van der Waals surface area contributed by atoms with Crippen molar-refractivity contribution in [3.8, 4) is 22.8 Å². The fraction of sp³-hybridized carbons (Fsp3) is 0.433. The van der Waals surface area contributed by atoms with Gasteiger partial charge in [0.25, 0.3) is 0 Å². The van der Waals surface area contributed by atoms with Gasteiger partial charge >= 0.3 is 6.03 Å². The number of carbonyl (C=O) groups is 1. The van der Waals surface area contributed by atoms with E-state index in [1.165, 1.54) is 6.20 Å². The number of amides is 2. The van der Waals surface area contributed by atoms with E-state index >= 15 is 8.78 Å². The maximum absolute atomic E-state index is 15.3. The number of aryl methyl sites for hydroxylation is 1. The molecule has 0 atom stereocenters. The van der Waals surface area contributed by atoms with Gasteiger partial charge in [0.05, 0.1) is 24.3 Å². The molecule has 1 aliphatic rings. The molecule has 13 heteroatoms. The Kier molecular flexibility index (Phi) is 8.85. The summed E-state index contributed by atoms with van der Waals surface area (Å²) in [6.45, 7) is 13.8. The third-order valence-corrected chi connectivity index (χ3v) is 8.99. The van der Waals surface area contributed by atoms with Gasteiger partial charge < -0.3 is 29.4 Å². The fourth-order valence-corrected chi connectivity index (χ4v) is 5.54. The Morgan fingerprint density at radius 2 is 1.91 bits per heavy atom. The number of rotatable bonds is 12. The number of benzene rings is 1. The Balaban J connectivity index is 1.42. The minimum Gasteiger partial charge on any atom is -0.450 e. The number of hydrogen-bond acceptors (Lipinski definition) is 6. The monoisotopic (exact) mass is 612 g/mol. The molecule has 5 rings (SSSR count). The third kappa shape index (κ3) is 7.06. The summed E-state index contributed by atoms with van der Waals surface area (Å²) >= 11 is 0. The minimum absolute atomic E-state index is 0.0381. The van der Waals surface area contributed by atoms with Gasteiger partial charge in [0.15, 0.2) is 17.4 Å². The van der Waals surface area contributed by atoms with Gasteiger partial charge in [-0.05, 0) is 25.1 Å². The lowest BCUT2D eigenvalue weighted by Crippen LogP contribution is -2.49. The van der Waals surface area contributed by atoms with Crippen molar-refractivity contribution in [3.05, 3.63) is 54.5 Å². The van der Waals surface area contributed by atoms with Crippen molar-refractivity contribution in [2.75, 3.05) is 31.7 Å². The van der Waals surface area contributed by atoms with E-state index in [0.717, 1.165) is 29.4 Å². The number of nitrogens with zero attached hydrogens (tertiary/aromatic N) is 4. The number of halogens is 2. The number of nitrogens with one attached hydrogen (secondary N) is 2. The summed E-state index contributed by atoms with van der Waals surface area (Å²) in [5.74, 6) is -2.30. The zero-order valence-electron chi connectivity index (χ0n) is 25.2. The first-order chi connectivity index (χ1) is 20.5. The number of fused-ring (bicyclic) bond motifs is 1. The molecule has 1 aromatic carbocycles. The second kappa shape index (κ2) is 12.4. The van der Waals surface area contributed by atoms with Crippen LogP contribution in [0.4, 0.5) is 19.3 Å². The Labute approximate surface area is 250 Å². The maximum atomic E-state index is 15.3. The molecule has 3 aromatic heterocycles. The van der Waals surface area contributed by atoms with E-state index in [1.807, 2.05) is 35.4 Å². The molecule has 0 bridgehead atoms. The second-order valence-electron chi connectivity index (χ2n) is 12.4. The molecule has 1 saturated heterocycles. The lowest BCUT2D eigenvalue weighted by Gasteiger charge is -2.37. The fourth-order valence-electron chi connectivity index (χ4n) is 4.78. The van der Waals surface area contributed by atoms with Crippen LogP contribution >= 0.6 is 0 Å². The van der Waals surface area contributed by atoms with E-state index in [-0.39, 0.29) is 23.6 Å². The van der Waals surface area contributed by atoms with Crippen molar-refractivity contribution < 1.29 is 27.8 Å². The standard InChI is InChI=1S/C30H38F2N6O4Si/c1-6-38-24(7-10-35-38)21-15-37(19-40-11-12-43(3,4)5)28-26(21)25(8-9-33-28)42-27-22(31)13-20(14-23(27)32)36-29(39)34-16-30(2)17-41-18-30/h7-10,13-15H,6,11-12,16-19H2,1-5H3,(H2,34,36,39). The summed E-state index contributed by atoms with van der Waals surface area (Å²) < 4.78 is 51.4. The van der Waals surface area contributed by atoms with E-state index in [4.69, 9.17) is 14.2 Å². The van der Waals surface area contributed by atoms with Crippen LogP contribution in [0.5, 0.6) is 11.5 Å². The number of carbonyl (C=O) groups excluding carboxylic acids is 1. The van der Waals surface area contributed by atoms with Crippen molar-refractivity contribution in [1.29, 1.82) is 0 Å². The van der Waals surface area contributed by atoms with E-state index < -0.39 is 31.5 Å². The molecule has 0 radical (unpaired) electrons. The molecule has 4 aromatic rings. The van der Waals surface area contributed by atoms with Gasteiger partial charge in [0, 0.05) is 75.2 Å². The minimum atomic E-state index is -1.27. The van der Waals surface area contributed by atoms with Crippen LogP contribution in [0.2, 0.25) is 25.7 Å². The molecular weight excluding hydrogens is 574 g/mol. The van der Waals surface area contributed by atoms with E-state index in [9.17, 15) is 4.79 Å². The molecule has 0 saturated carbocycles. The zero-order chi connectivity index (χ0) is 30.8.